The van der Waals surface area contributed by atoms with E-state index in [2.05, 4.69) is 0 Å². The van der Waals surface area contributed by atoms with Crippen molar-refractivity contribution in [2.45, 2.75) is 50.2 Å². The number of hydrogen-bond acceptors (Lipinski definition) is 8. The lowest BCUT2D eigenvalue weighted by Gasteiger charge is -2.25. The maximum Gasteiger partial charge on any atom is 0.306 e. The molecular formula is C23H26N2O8S. The lowest BCUT2D eigenvalue weighted by Crippen LogP contribution is -2.35. The van der Waals surface area contributed by atoms with Gasteiger partial charge in [0.2, 0.25) is 10.0 Å². The molecule has 0 unspecified atom stereocenters. The van der Waals surface area contributed by atoms with Crippen molar-refractivity contribution in [2.24, 2.45) is 0 Å². The van der Waals surface area contributed by atoms with Crippen LogP contribution in [-0.2, 0) is 43.9 Å². The highest BCUT2D eigenvalue weighted by Gasteiger charge is 2.26. The summed E-state index contributed by atoms with van der Waals surface area (Å²) in [5.74, 6) is -0.0347. The lowest BCUT2D eigenvalue weighted by molar-refractivity contribution is -0.385. The van der Waals surface area contributed by atoms with E-state index in [1.807, 2.05) is 0 Å². The van der Waals surface area contributed by atoms with Gasteiger partial charge in [-0.05, 0) is 37.0 Å². The quantitative estimate of drug-likeness (QED) is 0.313. The van der Waals surface area contributed by atoms with Gasteiger partial charge >= 0.3 is 5.97 Å². The number of non-ortho nitro benzene ring substituents is 1. The summed E-state index contributed by atoms with van der Waals surface area (Å²) >= 11 is 0. The number of sulfonamides is 1. The molecule has 0 aliphatic carbocycles. The van der Waals surface area contributed by atoms with Crippen molar-refractivity contribution in [1.29, 1.82) is 0 Å². The van der Waals surface area contributed by atoms with E-state index in [0.717, 1.165) is 24.8 Å². The van der Waals surface area contributed by atoms with Gasteiger partial charge in [-0.1, -0.05) is 18.6 Å². The summed E-state index contributed by atoms with van der Waals surface area (Å²) in [6, 6.07) is 9.26. The number of carbonyl (C=O) groups is 1. The van der Waals surface area contributed by atoms with Crippen LogP contribution >= 0.6 is 0 Å². The first-order chi connectivity index (χ1) is 16.3. The van der Waals surface area contributed by atoms with E-state index in [0.29, 0.717) is 36.4 Å². The van der Waals surface area contributed by atoms with E-state index in [1.165, 1.54) is 16.4 Å². The van der Waals surface area contributed by atoms with Crippen LogP contribution in [0.4, 0.5) is 5.69 Å². The van der Waals surface area contributed by atoms with Crippen LogP contribution in [0.15, 0.2) is 41.3 Å². The van der Waals surface area contributed by atoms with Gasteiger partial charge in [0, 0.05) is 42.8 Å². The van der Waals surface area contributed by atoms with E-state index in [4.69, 9.17) is 14.2 Å². The van der Waals surface area contributed by atoms with Crippen molar-refractivity contribution < 1.29 is 32.3 Å². The molecule has 10 nitrogen and oxygen atoms in total. The Morgan fingerprint density at radius 1 is 1.12 bits per heavy atom. The summed E-state index contributed by atoms with van der Waals surface area (Å²) in [5.41, 5.74) is 1.63. The van der Waals surface area contributed by atoms with E-state index in [1.54, 1.807) is 24.3 Å². The lowest BCUT2D eigenvalue weighted by atomic mass is 10.1. The number of nitro benzene ring substituents is 1. The van der Waals surface area contributed by atoms with Crippen LogP contribution in [0.25, 0.3) is 0 Å². The number of nitrogens with zero attached hydrogens (tertiary/aromatic N) is 2. The van der Waals surface area contributed by atoms with Gasteiger partial charge in [0.05, 0.1) is 16.4 Å². The zero-order valence-electron chi connectivity index (χ0n) is 18.6. The number of rotatable bonds is 8. The summed E-state index contributed by atoms with van der Waals surface area (Å²) in [6.45, 7) is 1.13. The Kier molecular flexibility index (Phi) is 7.44. The van der Waals surface area contributed by atoms with Crippen LogP contribution in [0.3, 0.4) is 0 Å². The molecule has 0 N–H and O–H groups in total. The number of aryl methyl sites for hydroxylation is 1. The number of nitro groups is 1. The van der Waals surface area contributed by atoms with Gasteiger partial charge in [0.15, 0.2) is 6.79 Å². The molecule has 2 aromatic carbocycles. The summed E-state index contributed by atoms with van der Waals surface area (Å²) in [7, 11) is -3.49. The molecule has 2 aliphatic rings. The predicted molar refractivity (Wildman–Crippen MR) is 121 cm³/mol. The van der Waals surface area contributed by atoms with E-state index in [-0.39, 0.29) is 37.0 Å². The third kappa shape index (κ3) is 5.54. The molecule has 2 heterocycles. The van der Waals surface area contributed by atoms with Crippen LogP contribution in [0, 0.1) is 10.1 Å². The molecule has 0 radical (unpaired) electrons. The number of ether oxygens (including phenoxy) is 3. The SMILES string of the molecule is O=C(CCc1ccc(S(=O)(=O)N2CCCCC2)cc1)OCc1cc([N+](=O)[O-])cc2c1OCOC2. The molecule has 0 spiro atoms. The van der Waals surface area contributed by atoms with Crippen LogP contribution < -0.4 is 4.74 Å². The largest absolute Gasteiger partial charge is 0.467 e. The van der Waals surface area contributed by atoms with Crippen molar-refractivity contribution in [2.75, 3.05) is 19.9 Å². The molecule has 1 fully saturated rings. The Labute approximate surface area is 197 Å². The Bertz CT molecular complexity index is 1160. The van der Waals surface area contributed by atoms with Crippen LogP contribution in [0.1, 0.15) is 42.4 Å². The Morgan fingerprint density at radius 2 is 1.85 bits per heavy atom. The number of benzene rings is 2. The second-order valence-electron chi connectivity index (χ2n) is 8.23. The molecule has 0 aromatic heterocycles. The summed E-state index contributed by atoms with van der Waals surface area (Å²) in [6.07, 6.45) is 3.25. The molecule has 0 bridgehead atoms. The number of fused-ring (bicyclic) bond motifs is 1. The van der Waals surface area contributed by atoms with Crippen molar-refractivity contribution in [3.8, 4) is 5.75 Å². The average molecular weight is 491 g/mol. The van der Waals surface area contributed by atoms with Crippen molar-refractivity contribution in [3.63, 3.8) is 0 Å². The van der Waals surface area contributed by atoms with Crippen LogP contribution in [-0.4, -0.2) is 43.5 Å². The molecule has 0 saturated carbocycles. The highest BCUT2D eigenvalue weighted by atomic mass is 32.2. The molecular weight excluding hydrogens is 464 g/mol. The molecule has 1 saturated heterocycles. The van der Waals surface area contributed by atoms with Gasteiger partial charge in [-0.25, -0.2) is 8.42 Å². The third-order valence-electron chi connectivity index (χ3n) is 5.87. The molecule has 2 aromatic rings. The molecule has 34 heavy (non-hydrogen) atoms. The van der Waals surface area contributed by atoms with Crippen molar-refractivity contribution >= 4 is 21.7 Å². The minimum absolute atomic E-state index is 0.0230. The normalized spacial score (nSPS) is 16.4. The number of hydrogen-bond donors (Lipinski definition) is 0. The number of piperidine rings is 1. The fourth-order valence-corrected chi connectivity index (χ4v) is 5.57. The third-order valence-corrected chi connectivity index (χ3v) is 7.78. The first-order valence-corrected chi connectivity index (χ1v) is 12.5. The van der Waals surface area contributed by atoms with Gasteiger partial charge < -0.3 is 14.2 Å². The summed E-state index contributed by atoms with van der Waals surface area (Å²) in [5, 5.41) is 11.2. The van der Waals surface area contributed by atoms with E-state index >= 15 is 0 Å². The topological polar surface area (TPSA) is 125 Å². The van der Waals surface area contributed by atoms with Gasteiger partial charge in [-0.3, -0.25) is 14.9 Å². The fraction of sp³-hybridized carbons (Fsp3) is 0.435. The molecule has 0 atom stereocenters. The highest BCUT2D eigenvalue weighted by molar-refractivity contribution is 7.89. The second-order valence-corrected chi connectivity index (χ2v) is 10.2. The standard InChI is InChI=1S/C23H26N2O8S/c26-22(32-15-19-13-20(25(27)28)12-18-14-31-16-33-23(18)19)9-6-17-4-7-21(8-5-17)34(29,30)24-10-2-1-3-11-24/h4-5,7-8,12-13H,1-3,6,9-11,14-16H2. The van der Waals surface area contributed by atoms with E-state index in [9.17, 15) is 23.3 Å². The number of carbonyl (C=O) groups excluding carboxylic acids is 1. The first kappa shape index (κ1) is 24.1. The second kappa shape index (κ2) is 10.5. The molecule has 11 heteroatoms. The Morgan fingerprint density at radius 3 is 2.56 bits per heavy atom. The fourth-order valence-electron chi connectivity index (χ4n) is 4.05. The van der Waals surface area contributed by atoms with Gasteiger partial charge in [0.25, 0.3) is 5.69 Å². The Balaban J connectivity index is 1.33. The molecule has 4 rings (SSSR count). The summed E-state index contributed by atoms with van der Waals surface area (Å²) in [4.78, 5) is 23.2. The monoisotopic (exact) mass is 490 g/mol. The van der Waals surface area contributed by atoms with Crippen LogP contribution in [0.2, 0.25) is 0 Å². The van der Waals surface area contributed by atoms with Gasteiger partial charge in [-0.15, -0.1) is 0 Å². The Hall–Kier alpha value is -3.02. The predicted octanol–water partition coefficient (Wildman–Crippen LogP) is 3.31. The smallest absolute Gasteiger partial charge is 0.306 e. The molecule has 182 valence electrons. The summed E-state index contributed by atoms with van der Waals surface area (Å²) < 4.78 is 42.9. The zero-order valence-corrected chi connectivity index (χ0v) is 19.4. The van der Waals surface area contributed by atoms with Gasteiger partial charge in [0.1, 0.15) is 12.4 Å². The highest BCUT2D eigenvalue weighted by Crippen LogP contribution is 2.33. The number of esters is 1. The zero-order chi connectivity index (χ0) is 24.1. The average Bonchev–Trinajstić information content (AvgIpc) is 2.86. The first-order valence-electron chi connectivity index (χ1n) is 11.1. The van der Waals surface area contributed by atoms with Crippen molar-refractivity contribution in [1.82, 2.24) is 4.31 Å². The minimum atomic E-state index is -3.49. The van der Waals surface area contributed by atoms with Crippen LogP contribution in [0.5, 0.6) is 5.75 Å². The van der Waals surface area contributed by atoms with Gasteiger partial charge in [-0.2, -0.15) is 4.31 Å². The maximum absolute atomic E-state index is 12.7. The van der Waals surface area contributed by atoms with Crippen molar-refractivity contribution in [3.05, 3.63) is 63.2 Å². The molecule has 0 amide bonds. The van der Waals surface area contributed by atoms with E-state index < -0.39 is 20.9 Å². The minimum Gasteiger partial charge on any atom is -0.467 e. The maximum atomic E-state index is 12.7. The molecule has 2 aliphatic heterocycles.